The molecule has 0 saturated heterocycles. The largest absolute Gasteiger partial charge is 0.497 e. The molecule has 160 valence electrons. The molecular weight excluding hydrogens is 368 g/mol. The van der Waals surface area contributed by atoms with E-state index in [0.29, 0.717) is 5.41 Å². The lowest BCUT2D eigenvalue weighted by Crippen LogP contribution is -2.42. The van der Waals surface area contributed by atoms with Crippen molar-refractivity contribution in [1.29, 1.82) is 0 Å². The van der Waals surface area contributed by atoms with E-state index in [9.17, 15) is 0 Å². The second kappa shape index (κ2) is 8.91. The van der Waals surface area contributed by atoms with Gasteiger partial charge in [-0.05, 0) is 91.7 Å². The summed E-state index contributed by atoms with van der Waals surface area (Å²) in [5, 5.41) is 0. The molecule has 0 unspecified atom stereocenters. The first-order valence-corrected chi connectivity index (χ1v) is 11.8. The molecule has 0 N–H and O–H groups in total. The number of benzene rings is 1. The van der Waals surface area contributed by atoms with E-state index in [1.807, 2.05) is 26.1 Å². The molecule has 2 saturated carbocycles. The van der Waals surface area contributed by atoms with Gasteiger partial charge in [-0.2, -0.15) is 0 Å². The van der Waals surface area contributed by atoms with Crippen molar-refractivity contribution in [3.8, 4) is 5.75 Å². The number of ether oxygens (including phenoxy) is 1. The minimum atomic E-state index is 0.292. The van der Waals surface area contributed by atoms with Gasteiger partial charge in [0.1, 0.15) is 5.75 Å². The fourth-order valence-electron chi connectivity index (χ4n) is 6.40. The molecule has 1 aromatic heterocycles. The maximum absolute atomic E-state index is 5.46. The Labute approximate surface area is 182 Å². The minimum absolute atomic E-state index is 0.292. The lowest BCUT2D eigenvalue weighted by Gasteiger charge is -2.49. The van der Waals surface area contributed by atoms with Gasteiger partial charge in [0.2, 0.25) is 0 Å². The van der Waals surface area contributed by atoms with Gasteiger partial charge in [-0.15, -0.1) is 0 Å². The van der Waals surface area contributed by atoms with E-state index >= 15 is 0 Å². The van der Waals surface area contributed by atoms with Crippen molar-refractivity contribution < 1.29 is 4.74 Å². The molecule has 5 rings (SSSR count). The molecule has 0 amide bonds. The van der Waals surface area contributed by atoms with Gasteiger partial charge in [0.25, 0.3) is 0 Å². The Balaban J connectivity index is 0.00000106. The van der Waals surface area contributed by atoms with E-state index < -0.39 is 0 Å². The molecule has 0 aliphatic heterocycles. The maximum atomic E-state index is 5.46. The Bertz CT molecular complexity index is 891. The van der Waals surface area contributed by atoms with Crippen molar-refractivity contribution in [2.24, 2.45) is 22.2 Å². The molecule has 2 fully saturated rings. The number of aryl methyl sites for hydroxylation is 1. The van der Waals surface area contributed by atoms with Crippen LogP contribution >= 0.6 is 0 Å². The number of nitrogens with zero attached hydrogens (tertiary/aromatic N) is 2. The lowest BCUT2D eigenvalue weighted by molar-refractivity contribution is 0.0955. The minimum Gasteiger partial charge on any atom is -0.497 e. The average molecular weight is 405 g/mol. The number of methoxy groups -OCH3 is 1. The zero-order chi connectivity index (χ0) is 21.1. The van der Waals surface area contributed by atoms with Crippen LogP contribution in [0, 0.1) is 17.3 Å². The van der Waals surface area contributed by atoms with Crippen molar-refractivity contribution in [2.45, 2.75) is 71.8 Å². The molecule has 0 radical (unpaired) electrons. The van der Waals surface area contributed by atoms with E-state index in [1.165, 1.54) is 49.8 Å². The highest BCUT2D eigenvalue weighted by molar-refractivity contribution is 5.92. The van der Waals surface area contributed by atoms with E-state index in [-0.39, 0.29) is 0 Å². The summed E-state index contributed by atoms with van der Waals surface area (Å²) in [6, 6.07) is 12.9. The summed E-state index contributed by atoms with van der Waals surface area (Å²) < 4.78 is 5.46. The average Bonchev–Trinajstić information content (AvgIpc) is 3.15. The number of hydrogen-bond acceptors (Lipinski definition) is 3. The first kappa shape index (κ1) is 21.1. The Morgan fingerprint density at radius 1 is 1.10 bits per heavy atom. The predicted molar refractivity (Wildman–Crippen MR) is 124 cm³/mol. The summed E-state index contributed by atoms with van der Waals surface area (Å²) in [4.78, 5) is 9.55. The zero-order valence-corrected chi connectivity index (χ0v) is 19.0. The molecule has 3 heteroatoms. The topological polar surface area (TPSA) is 34.5 Å². The number of aromatic nitrogens is 1. The second-order valence-electron chi connectivity index (χ2n) is 9.06. The summed E-state index contributed by atoms with van der Waals surface area (Å²) in [5.74, 6) is 3.32. The Morgan fingerprint density at radius 2 is 1.97 bits per heavy atom. The van der Waals surface area contributed by atoms with E-state index in [4.69, 9.17) is 9.73 Å². The van der Waals surface area contributed by atoms with Gasteiger partial charge < -0.3 is 4.74 Å². The van der Waals surface area contributed by atoms with Crippen LogP contribution in [0.15, 0.2) is 47.6 Å². The maximum Gasteiger partial charge on any atom is 0.119 e. The van der Waals surface area contributed by atoms with Crippen LogP contribution in [0.4, 0.5) is 0 Å². The van der Waals surface area contributed by atoms with Crippen LogP contribution in [0.3, 0.4) is 0 Å². The van der Waals surface area contributed by atoms with Gasteiger partial charge >= 0.3 is 0 Å². The molecule has 0 bridgehead atoms. The third-order valence-electron chi connectivity index (χ3n) is 7.83. The third-order valence-corrected chi connectivity index (χ3v) is 7.83. The summed E-state index contributed by atoms with van der Waals surface area (Å²) in [6.45, 7) is 7.23. The normalized spacial score (nSPS) is 30.5. The van der Waals surface area contributed by atoms with Crippen LogP contribution in [-0.4, -0.2) is 17.8 Å². The first-order chi connectivity index (χ1) is 14.7. The zero-order valence-electron chi connectivity index (χ0n) is 19.0. The summed E-state index contributed by atoms with van der Waals surface area (Å²) in [5.41, 5.74) is 5.95. The van der Waals surface area contributed by atoms with Crippen LogP contribution in [-0.2, 0) is 13.0 Å². The van der Waals surface area contributed by atoms with Crippen molar-refractivity contribution in [1.82, 2.24) is 4.98 Å². The fraction of sp³-hybridized carbons (Fsp3) is 0.556. The number of aliphatic imine (C=N–C) groups is 1. The molecule has 3 aliphatic rings. The van der Waals surface area contributed by atoms with Crippen LogP contribution < -0.4 is 4.74 Å². The van der Waals surface area contributed by atoms with Crippen molar-refractivity contribution >= 4 is 5.71 Å². The fourth-order valence-corrected chi connectivity index (χ4v) is 6.40. The van der Waals surface area contributed by atoms with Crippen molar-refractivity contribution in [2.75, 3.05) is 7.11 Å². The second-order valence-corrected chi connectivity index (χ2v) is 9.06. The van der Waals surface area contributed by atoms with Crippen LogP contribution in [0.25, 0.3) is 0 Å². The van der Waals surface area contributed by atoms with E-state index in [2.05, 4.69) is 42.2 Å². The summed E-state index contributed by atoms with van der Waals surface area (Å²) in [7, 11) is 1.77. The van der Waals surface area contributed by atoms with Crippen molar-refractivity contribution in [3.63, 3.8) is 0 Å². The van der Waals surface area contributed by atoms with Gasteiger partial charge in [-0.1, -0.05) is 32.9 Å². The highest BCUT2D eigenvalue weighted by Gasteiger charge is 2.53. The number of hydrogen-bond donors (Lipinski definition) is 0. The van der Waals surface area contributed by atoms with Gasteiger partial charge in [0, 0.05) is 17.3 Å². The highest BCUT2D eigenvalue weighted by atomic mass is 16.5. The monoisotopic (exact) mass is 404 g/mol. The van der Waals surface area contributed by atoms with E-state index in [0.717, 1.165) is 35.7 Å². The highest BCUT2D eigenvalue weighted by Crippen LogP contribution is 2.60. The number of fused-ring (bicyclic) bond motifs is 5. The van der Waals surface area contributed by atoms with Crippen molar-refractivity contribution in [3.05, 3.63) is 59.4 Å². The molecular formula is C27H36N2O. The Kier molecular flexibility index (Phi) is 6.26. The molecule has 3 nitrogen and oxygen atoms in total. The van der Waals surface area contributed by atoms with Crippen LogP contribution in [0.5, 0.6) is 5.75 Å². The standard InChI is InChI=1S/C25H30N2O.C2H6/c1-25-13-12-21-20-9-7-19(28-2)15-17(20)6-8-22(21)23(25)10-11-24(25)27-16-18-5-3-4-14-26-18;1-2/h3-5,7,9,14-15,21-23H,6,8,10-13,16H2,1-2H3;1-2H3/t21-,22-,23+,25+;/m1./s1. The predicted octanol–water partition coefficient (Wildman–Crippen LogP) is 6.61. The Hall–Kier alpha value is -2.16. The summed E-state index contributed by atoms with van der Waals surface area (Å²) >= 11 is 0. The van der Waals surface area contributed by atoms with Crippen LogP contribution in [0.1, 0.15) is 75.6 Å². The molecule has 1 aromatic carbocycles. The van der Waals surface area contributed by atoms with Crippen LogP contribution in [0.2, 0.25) is 0 Å². The van der Waals surface area contributed by atoms with Gasteiger partial charge in [0.15, 0.2) is 0 Å². The first-order valence-electron chi connectivity index (χ1n) is 11.8. The molecule has 3 aliphatic carbocycles. The SMILES string of the molecule is CC.COc1ccc2c(c1)CC[C@@H]1[C@@H]2CC[C@]2(C)C(=NCc3ccccn3)CC[C@@H]12. The third kappa shape index (κ3) is 3.68. The molecule has 4 atom stereocenters. The Morgan fingerprint density at radius 3 is 2.73 bits per heavy atom. The van der Waals surface area contributed by atoms with E-state index in [1.54, 1.807) is 12.7 Å². The molecule has 0 spiro atoms. The number of rotatable bonds is 3. The summed E-state index contributed by atoms with van der Waals surface area (Å²) in [6.07, 6.45) is 9.43. The molecule has 2 aromatic rings. The molecule has 30 heavy (non-hydrogen) atoms. The van der Waals surface area contributed by atoms with Gasteiger partial charge in [0.05, 0.1) is 19.3 Å². The van der Waals surface area contributed by atoms with Gasteiger partial charge in [-0.25, -0.2) is 0 Å². The smallest absolute Gasteiger partial charge is 0.119 e. The van der Waals surface area contributed by atoms with Gasteiger partial charge in [-0.3, -0.25) is 9.98 Å². The lowest BCUT2D eigenvalue weighted by atomic mass is 9.55. The number of pyridine rings is 1. The molecule has 1 heterocycles. The quantitative estimate of drug-likeness (QED) is 0.576.